The number of thiocarbonyl (C=S) groups is 1. The molecule has 0 fully saturated rings. The smallest absolute Gasteiger partial charge is 0.0945 e. The zero-order valence-corrected chi connectivity index (χ0v) is 12.6. The molecule has 0 aliphatic heterocycles. The molecule has 0 radical (unpaired) electrons. The van der Waals surface area contributed by atoms with Gasteiger partial charge < -0.3 is 9.88 Å². The lowest BCUT2D eigenvalue weighted by Crippen LogP contribution is -2.28. The van der Waals surface area contributed by atoms with Gasteiger partial charge in [-0.25, -0.2) is 4.98 Å². The topological polar surface area (TPSA) is 29.9 Å². The van der Waals surface area contributed by atoms with E-state index in [1.54, 1.807) is 6.20 Å². The van der Waals surface area contributed by atoms with Crippen LogP contribution in [0.25, 0.3) is 0 Å². The van der Waals surface area contributed by atoms with Gasteiger partial charge in [-0.1, -0.05) is 49.5 Å². The molecule has 1 N–H and O–H groups in total. The number of hydrogen-bond acceptors (Lipinski definition) is 2. The maximum atomic E-state index is 5.54. The predicted molar refractivity (Wildman–Crippen MR) is 86.9 cm³/mol. The summed E-state index contributed by atoms with van der Waals surface area (Å²) >= 11 is 5.54. The lowest BCUT2D eigenvalue weighted by Gasteiger charge is -2.18. The SMILES string of the molecule is CCC(C(=S)NCCCn1ccnc1)c1ccccc1. The van der Waals surface area contributed by atoms with Crippen molar-refractivity contribution in [2.45, 2.75) is 32.2 Å². The van der Waals surface area contributed by atoms with Crippen LogP contribution in [0.1, 0.15) is 31.2 Å². The van der Waals surface area contributed by atoms with Crippen molar-refractivity contribution in [1.82, 2.24) is 14.9 Å². The second-order valence-corrected chi connectivity index (χ2v) is 5.26. The van der Waals surface area contributed by atoms with Crippen LogP contribution in [0.4, 0.5) is 0 Å². The van der Waals surface area contributed by atoms with Crippen LogP contribution in [0, 0.1) is 0 Å². The van der Waals surface area contributed by atoms with Gasteiger partial charge >= 0.3 is 0 Å². The van der Waals surface area contributed by atoms with E-state index in [-0.39, 0.29) is 0 Å². The van der Waals surface area contributed by atoms with Crippen molar-refractivity contribution >= 4 is 17.2 Å². The molecule has 3 nitrogen and oxygen atoms in total. The first-order valence-electron chi connectivity index (χ1n) is 7.09. The first-order valence-corrected chi connectivity index (χ1v) is 7.50. The van der Waals surface area contributed by atoms with Crippen molar-refractivity contribution in [3.63, 3.8) is 0 Å². The monoisotopic (exact) mass is 287 g/mol. The van der Waals surface area contributed by atoms with E-state index in [2.05, 4.69) is 46.1 Å². The minimum atomic E-state index is 0.319. The first kappa shape index (κ1) is 14.7. The van der Waals surface area contributed by atoms with Crippen molar-refractivity contribution in [2.24, 2.45) is 0 Å². The van der Waals surface area contributed by atoms with Crippen LogP contribution >= 0.6 is 12.2 Å². The maximum absolute atomic E-state index is 5.54. The highest BCUT2D eigenvalue weighted by Crippen LogP contribution is 2.20. The molecular formula is C16H21N3S. The number of nitrogens with zero attached hydrogens (tertiary/aromatic N) is 2. The normalized spacial score (nSPS) is 12.1. The van der Waals surface area contributed by atoms with E-state index in [0.29, 0.717) is 5.92 Å². The number of imidazole rings is 1. The van der Waals surface area contributed by atoms with Crippen LogP contribution in [-0.2, 0) is 6.54 Å². The molecule has 0 spiro atoms. The van der Waals surface area contributed by atoms with Crippen molar-refractivity contribution < 1.29 is 0 Å². The van der Waals surface area contributed by atoms with Gasteiger partial charge in [-0.15, -0.1) is 0 Å². The van der Waals surface area contributed by atoms with Gasteiger partial charge in [0.1, 0.15) is 0 Å². The molecule has 1 atom stereocenters. The van der Waals surface area contributed by atoms with E-state index in [0.717, 1.165) is 30.9 Å². The summed E-state index contributed by atoms with van der Waals surface area (Å²) in [5.74, 6) is 0.319. The average Bonchev–Trinajstić information content (AvgIpc) is 2.99. The minimum absolute atomic E-state index is 0.319. The Labute approximate surface area is 126 Å². The summed E-state index contributed by atoms with van der Waals surface area (Å²) in [4.78, 5) is 4.98. The van der Waals surface area contributed by atoms with Crippen LogP contribution in [-0.4, -0.2) is 21.1 Å². The highest BCUT2D eigenvalue weighted by molar-refractivity contribution is 7.80. The third kappa shape index (κ3) is 4.17. The molecule has 0 aliphatic rings. The third-order valence-electron chi connectivity index (χ3n) is 3.38. The molecular weight excluding hydrogens is 266 g/mol. The highest BCUT2D eigenvalue weighted by atomic mass is 32.1. The van der Waals surface area contributed by atoms with E-state index < -0.39 is 0 Å². The summed E-state index contributed by atoms with van der Waals surface area (Å²) in [5.41, 5.74) is 1.29. The molecule has 0 amide bonds. The summed E-state index contributed by atoms with van der Waals surface area (Å²) in [6.45, 7) is 4.05. The standard InChI is InChI=1S/C16H21N3S/c1-2-15(14-7-4-3-5-8-14)16(20)18-9-6-11-19-12-10-17-13-19/h3-5,7-8,10,12-13,15H,2,6,9,11H2,1H3,(H,18,20). The van der Waals surface area contributed by atoms with Crippen molar-refractivity contribution in [1.29, 1.82) is 0 Å². The van der Waals surface area contributed by atoms with Gasteiger partial charge in [-0.05, 0) is 18.4 Å². The molecule has 0 aliphatic carbocycles. The number of aromatic nitrogens is 2. The second kappa shape index (κ2) is 7.80. The summed E-state index contributed by atoms with van der Waals surface area (Å²) in [6, 6.07) is 10.5. The zero-order chi connectivity index (χ0) is 14.2. The van der Waals surface area contributed by atoms with Gasteiger partial charge in [0.25, 0.3) is 0 Å². The van der Waals surface area contributed by atoms with Crippen molar-refractivity contribution in [3.8, 4) is 0 Å². The number of benzene rings is 1. The molecule has 0 saturated heterocycles. The molecule has 0 bridgehead atoms. The second-order valence-electron chi connectivity index (χ2n) is 4.82. The highest BCUT2D eigenvalue weighted by Gasteiger charge is 2.13. The van der Waals surface area contributed by atoms with Gasteiger partial charge in [-0.2, -0.15) is 0 Å². The molecule has 4 heteroatoms. The van der Waals surface area contributed by atoms with Crippen molar-refractivity contribution in [2.75, 3.05) is 6.54 Å². The van der Waals surface area contributed by atoms with Crippen LogP contribution in [0.3, 0.4) is 0 Å². The number of nitrogens with one attached hydrogen (secondary N) is 1. The Bertz CT molecular complexity index is 508. The minimum Gasteiger partial charge on any atom is -0.379 e. The van der Waals surface area contributed by atoms with Gasteiger partial charge in [0.05, 0.1) is 11.3 Å². The Kier molecular flexibility index (Phi) is 5.74. The molecule has 2 rings (SSSR count). The quantitative estimate of drug-likeness (QED) is 0.625. The van der Waals surface area contributed by atoms with Crippen LogP contribution in [0.2, 0.25) is 0 Å². The van der Waals surface area contributed by atoms with E-state index >= 15 is 0 Å². The lowest BCUT2D eigenvalue weighted by atomic mass is 9.96. The molecule has 1 aromatic heterocycles. The molecule has 1 unspecified atom stereocenters. The zero-order valence-electron chi connectivity index (χ0n) is 11.8. The Morgan fingerprint density at radius 3 is 2.80 bits per heavy atom. The molecule has 20 heavy (non-hydrogen) atoms. The fourth-order valence-corrected chi connectivity index (χ4v) is 2.68. The molecule has 1 heterocycles. The number of hydrogen-bond donors (Lipinski definition) is 1. The van der Waals surface area contributed by atoms with E-state index in [4.69, 9.17) is 12.2 Å². The van der Waals surface area contributed by atoms with E-state index in [1.807, 2.05) is 18.6 Å². The first-order chi connectivity index (χ1) is 9.81. The van der Waals surface area contributed by atoms with Crippen LogP contribution in [0.15, 0.2) is 49.1 Å². The van der Waals surface area contributed by atoms with Crippen LogP contribution < -0.4 is 5.32 Å². The van der Waals surface area contributed by atoms with Gasteiger partial charge in [0.15, 0.2) is 0 Å². The van der Waals surface area contributed by atoms with Gasteiger partial charge in [-0.3, -0.25) is 0 Å². The van der Waals surface area contributed by atoms with Gasteiger partial charge in [0, 0.05) is 31.4 Å². The fourth-order valence-electron chi connectivity index (χ4n) is 2.27. The van der Waals surface area contributed by atoms with Gasteiger partial charge in [0.2, 0.25) is 0 Å². The Hall–Kier alpha value is -1.68. The molecule has 1 aromatic carbocycles. The molecule has 106 valence electrons. The number of rotatable bonds is 7. The van der Waals surface area contributed by atoms with E-state index in [9.17, 15) is 0 Å². The Morgan fingerprint density at radius 1 is 1.35 bits per heavy atom. The maximum Gasteiger partial charge on any atom is 0.0945 e. The molecule has 0 saturated carbocycles. The average molecular weight is 287 g/mol. The summed E-state index contributed by atoms with van der Waals surface area (Å²) < 4.78 is 2.08. The third-order valence-corrected chi connectivity index (χ3v) is 3.81. The van der Waals surface area contributed by atoms with E-state index in [1.165, 1.54) is 5.56 Å². The summed E-state index contributed by atoms with van der Waals surface area (Å²) in [7, 11) is 0. The fraction of sp³-hybridized carbons (Fsp3) is 0.375. The lowest BCUT2D eigenvalue weighted by molar-refractivity contribution is 0.626. The Morgan fingerprint density at radius 2 is 2.15 bits per heavy atom. The van der Waals surface area contributed by atoms with Crippen molar-refractivity contribution in [3.05, 3.63) is 54.6 Å². The molecule has 2 aromatic rings. The number of aryl methyl sites for hydroxylation is 1. The summed E-state index contributed by atoms with van der Waals surface area (Å²) in [6.07, 6.45) is 7.70. The van der Waals surface area contributed by atoms with Crippen LogP contribution in [0.5, 0.6) is 0 Å². The summed E-state index contributed by atoms with van der Waals surface area (Å²) in [5, 5.41) is 3.39. The largest absolute Gasteiger partial charge is 0.379 e. The predicted octanol–water partition coefficient (Wildman–Crippen LogP) is 3.38. The Balaban J connectivity index is 1.78.